The molecule has 4 heterocycles. The quantitative estimate of drug-likeness (QED) is 0.312. The van der Waals surface area contributed by atoms with Crippen LogP contribution in [0.2, 0.25) is 0 Å². The molecule has 11 heteroatoms. The molecule has 2 aliphatic rings. The number of aromatic amines is 1. The SMILES string of the molecule is CC1(C(=O)N2CCC(O)C2)COC(c2nc(-c3ccc(F)cc3)c(-c3ccnc(NCc4ccccc4)n3)[nH]2)OC1. The number of likely N-dealkylation sites (tertiary alicyclic amines) is 1. The van der Waals surface area contributed by atoms with Crippen LogP contribution in [0.3, 0.4) is 0 Å². The summed E-state index contributed by atoms with van der Waals surface area (Å²) in [4.78, 5) is 31.9. The molecule has 0 spiro atoms. The number of hydrogen-bond donors (Lipinski definition) is 3. The summed E-state index contributed by atoms with van der Waals surface area (Å²) >= 11 is 0. The summed E-state index contributed by atoms with van der Waals surface area (Å²) in [7, 11) is 0. The Bertz CT molecular complexity index is 1510. The summed E-state index contributed by atoms with van der Waals surface area (Å²) in [6, 6.07) is 17.8. The topological polar surface area (TPSA) is 125 Å². The minimum Gasteiger partial charge on any atom is -0.391 e. The van der Waals surface area contributed by atoms with Crippen molar-refractivity contribution in [2.24, 2.45) is 5.41 Å². The fraction of sp³-hybridized carbons (Fsp3) is 0.333. The van der Waals surface area contributed by atoms with Crippen LogP contribution in [0, 0.1) is 11.2 Å². The van der Waals surface area contributed by atoms with Gasteiger partial charge >= 0.3 is 0 Å². The van der Waals surface area contributed by atoms with E-state index in [1.165, 1.54) is 12.1 Å². The lowest BCUT2D eigenvalue weighted by Crippen LogP contribution is -2.49. The Morgan fingerprint density at radius 1 is 1.12 bits per heavy atom. The molecule has 0 radical (unpaired) electrons. The van der Waals surface area contributed by atoms with Crippen LogP contribution in [0.15, 0.2) is 66.9 Å². The van der Waals surface area contributed by atoms with Gasteiger partial charge < -0.3 is 29.8 Å². The lowest BCUT2D eigenvalue weighted by Gasteiger charge is -2.37. The van der Waals surface area contributed by atoms with Crippen molar-refractivity contribution in [3.05, 3.63) is 84.1 Å². The summed E-state index contributed by atoms with van der Waals surface area (Å²) in [6.07, 6.45) is 0.887. The molecule has 0 saturated carbocycles. The monoisotopic (exact) mass is 558 g/mol. The average Bonchev–Trinajstić information content (AvgIpc) is 3.64. The Kier molecular flexibility index (Phi) is 7.48. The van der Waals surface area contributed by atoms with Crippen molar-refractivity contribution in [3.63, 3.8) is 0 Å². The highest BCUT2D eigenvalue weighted by Gasteiger charge is 2.44. The molecule has 0 bridgehead atoms. The van der Waals surface area contributed by atoms with E-state index in [0.717, 1.165) is 5.56 Å². The van der Waals surface area contributed by atoms with E-state index >= 15 is 0 Å². The fourth-order valence-corrected chi connectivity index (χ4v) is 5.06. The molecule has 4 aromatic rings. The number of imidazole rings is 1. The van der Waals surface area contributed by atoms with Crippen LogP contribution in [0.1, 0.15) is 31.0 Å². The predicted molar refractivity (Wildman–Crippen MR) is 149 cm³/mol. The first kappa shape index (κ1) is 27.0. The van der Waals surface area contributed by atoms with Gasteiger partial charge in [0.1, 0.15) is 5.82 Å². The molecule has 2 aliphatic heterocycles. The highest BCUT2D eigenvalue weighted by atomic mass is 19.1. The third kappa shape index (κ3) is 5.83. The number of nitrogens with one attached hydrogen (secondary N) is 2. The molecule has 1 amide bonds. The number of aromatic nitrogens is 4. The van der Waals surface area contributed by atoms with E-state index in [0.29, 0.717) is 60.5 Å². The number of halogens is 1. The second kappa shape index (κ2) is 11.4. The number of anilines is 1. The number of carbonyl (C=O) groups is 1. The van der Waals surface area contributed by atoms with Crippen molar-refractivity contribution in [2.75, 3.05) is 31.6 Å². The zero-order chi connectivity index (χ0) is 28.4. The second-order valence-corrected chi connectivity index (χ2v) is 10.7. The minimum absolute atomic E-state index is 0.101. The maximum Gasteiger partial charge on any atom is 0.233 e. The molecule has 6 rings (SSSR count). The van der Waals surface area contributed by atoms with Gasteiger partial charge in [0, 0.05) is 31.4 Å². The normalized spacial score (nSPS) is 22.6. The van der Waals surface area contributed by atoms with Gasteiger partial charge in [-0.3, -0.25) is 4.79 Å². The maximum atomic E-state index is 13.7. The number of rotatable bonds is 7. The third-order valence-electron chi connectivity index (χ3n) is 7.34. The number of H-pyrrole nitrogens is 1. The van der Waals surface area contributed by atoms with E-state index in [9.17, 15) is 14.3 Å². The first-order chi connectivity index (χ1) is 19.9. The number of β-amino-alcohol motifs (C(OH)–C–C–N with tert-alkyl or cyclic N) is 1. The molecule has 2 saturated heterocycles. The number of aliphatic hydroxyl groups excluding tert-OH is 1. The van der Waals surface area contributed by atoms with E-state index in [4.69, 9.17) is 19.4 Å². The molecule has 1 atom stereocenters. The van der Waals surface area contributed by atoms with Crippen LogP contribution in [0.4, 0.5) is 10.3 Å². The van der Waals surface area contributed by atoms with Crippen molar-refractivity contribution in [1.82, 2.24) is 24.8 Å². The molecule has 1 unspecified atom stereocenters. The average molecular weight is 559 g/mol. The fourth-order valence-electron chi connectivity index (χ4n) is 5.06. The largest absolute Gasteiger partial charge is 0.391 e. The van der Waals surface area contributed by atoms with Gasteiger partial charge in [0.2, 0.25) is 18.1 Å². The second-order valence-electron chi connectivity index (χ2n) is 10.7. The summed E-state index contributed by atoms with van der Waals surface area (Å²) < 4.78 is 25.8. The van der Waals surface area contributed by atoms with E-state index in [2.05, 4.69) is 15.3 Å². The van der Waals surface area contributed by atoms with Gasteiger partial charge in [0.25, 0.3) is 0 Å². The Morgan fingerprint density at radius 3 is 2.59 bits per heavy atom. The molecule has 10 nitrogen and oxygen atoms in total. The first-order valence-corrected chi connectivity index (χ1v) is 13.6. The third-order valence-corrected chi connectivity index (χ3v) is 7.34. The number of hydrogen-bond acceptors (Lipinski definition) is 8. The number of nitrogens with zero attached hydrogens (tertiary/aromatic N) is 4. The standard InChI is InChI=1S/C30H31FN6O4/c1-30(28(39)37-14-12-22(38)16-37)17-40-27(41-18-30)26-35-24(20-7-9-21(31)10-8-20)25(36-26)23-11-13-32-29(34-23)33-15-19-5-3-2-4-6-19/h2-11,13,22,27,38H,12,14-18H2,1H3,(H,35,36)(H,32,33,34). The van der Waals surface area contributed by atoms with Gasteiger partial charge in [-0.15, -0.1) is 0 Å². The molecule has 2 fully saturated rings. The van der Waals surface area contributed by atoms with Crippen LogP contribution >= 0.6 is 0 Å². The molecule has 212 valence electrons. The lowest BCUT2D eigenvalue weighted by atomic mass is 9.90. The number of benzene rings is 2. The molecule has 3 N–H and O–H groups in total. The van der Waals surface area contributed by atoms with Gasteiger partial charge in [-0.05, 0) is 49.2 Å². The van der Waals surface area contributed by atoms with Crippen LogP contribution in [0.5, 0.6) is 0 Å². The zero-order valence-corrected chi connectivity index (χ0v) is 22.6. The van der Waals surface area contributed by atoms with Crippen LogP contribution in [0.25, 0.3) is 22.6 Å². The van der Waals surface area contributed by atoms with Gasteiger partial charge in [-0.25, -0.2) is 19.3 Å². The molecular weight excluding hydrogens is 527 g/mol. The van der Waals surface area contributed by atoms with E-state index in [-0.39, 0.29) is 24.9 Å². The van der Waals surface area contributed by atoms with E-state index < -0.39 is 17.8 Å². The van der Waals surface area contributed by atoms with Gasteiger partial charge in [0.05, 0.1) is 41.8 Å². The molecular formula is C30H31FN6O4. The highest BCUT2D eigenvalue weighted by Crippen LogP contribution is 2.36. The smallest absolute Gasteiger partial charge is 0.233 e. The van der Waals surface area contributed by atoms with Gasteiger partial charge in [-0.2, -0.15) is 0 Å². The Hall–Kier alpha value is -4.19. The number of aliphatic hydroxyl groups is 1. The number of carbonyl (C=O) groups excluding carboxylic acids is 1. The first-order valence-electron chi connectivity index (χ1n) is 13.6. The Morgan fingerprint density at radius 2 is 1.88 bits per heavy atom. The maximum absolute atomic E-state index is 13.7. The molecule has 2 aromatic carbocycles. The Balaban J connectivity index is 1.25. The van der Waals surface area contributed by atoms with Crippen molar-refractivity contribution in [2.45, 2.75) is 32.3 Å². The highest BCUT2D eigenvalue weighted by molar-refractivity contribution is 5.83. The number of ether oxygens (including phenoxy) is 2. The molecule has 2 aromatic heterocycles. The van der Waals surface area contributed by atoms with Gasteiger partial charge in [-0.1, -0.05) is 30.3 Å². The Labute approximate surface area is 236 Å². The van der Waals surface area contributed by atoms with E-state index in [1.807, 2.05) is 30.3 Å². The summed E-state index contributed by atoms with van der Waals surface area (Å²) in [5, 5.41) is 13.1. The van der Waals surface area contributed by atoms with Crippen molar-refractivity contribution < 1.29 is 23.8 Å². The minimum atomic E-state index is -0.873. The van der Waals surface area contributed by atoms with Crippen molar-refractivity contribution >= 4 is 11.9 Å². The molecule has 41 heavy (non-hydrogen) atoms. The van der Waals surface area contributed by atoms with Crippen LogP contribution < -0.4 is 5.32 Å². The van der Waals surface area contributed by atoms with Crippen LogP contribution in [-0.4, -0.2) is 68.3 Å². The zero-order valence-electron chi connectivity index (χ0n) is 22.6. The molecule has 0 aliphatic carbocycles. The number of amides is 1. The summed E-state index contributed by atoms with van der Waals surface area (Å²) in [6.45, 7) is 3.46. The summed E-state index contributed by atoms with van der Waals surface area (Å²) in [5.41, 5.74) is 2.63. The van der Waals surface area contributed by atoms with Crippen molar-refractivity contribution in [1.29, 1.82) is 0 Å². The lowest BCUT2D eigenvalue weighted by molar-refractivity contribution is -0.234. The van der Waals surface area contributed by atoms with Gasteiger partial charge in [0.15, 0.2) is 5.82 Å². The van der Waals surface area contributed by atoms with Crippen LogP contribution in [-0.2, 0) is 20.8 Å². The predicted octanol–water partition coefficient (Wildman–Crippen LogP) is 3.93. The van der Waals surface area contributed by atoms with E-state index in [1.54, 1.807) is 36.2 Å². The summed E-state index contributed by atoms with van der Waals surface area (Å²) in [5.74, 6) is 0.395. The van der Waals surface area contributed by atoms with Crippen molar-refractivity contribution in [3.8, 4) is 22.6 Å².